The van der Waals surface area contributed by atoms with Crippen LogP contribution in [0.3, 0.4) is 0 Å². The van der Waals surface area contributed by atoms with Gasteiger partial charge in [-0.2, -0.15) is 5.26 Å². The first-order chi connectivity index (χ1) is 10.6. The van der Waals surface area contributed by atoms with Crippen molar-refractivity contribution >= 4 is 23.6 Å². The minimum absolute atomic E-state index is 0.00765. The first kappa shape index (κ1) is 16.3. The summed E-state index contributed by atoms with van der Waals surface area (Å²) in [6.07, 6.45) is 3.56. The normalized spacial score (nSPS) is 17.9. The molecule has 6 heteroatoms. The van der Waals surface area contributed by atoms with Crippen LogP contribution >= 0.6 is 11.6 Å². The molecule has 1 amide bonds. The van der Waals surface area contributed by atoms with Gasteiger partial charge in [0.1, 0.15) is 24.0 Å². The van der Waals surface area contributed by atoms with Gasteiger partial charge in [-0.3, -0.25) is 4.79 Å². The lowest BCUT2D eigenvalue weighted by Gasteiger charge is -2.13. The predicted octanol–water partition coefficient (Wildman–Crippen LogP) is 2.55. The van der Waals surface area contributed by atoms with Gasteiger partial charge in [0.15, 0.2) is 0 Å². The van der Waals surface area contributed by atoms with Gasteiger partial charge in [0, 0.05) is 24.2 Å². The summed E-state index contributed by atoms with van der Waals surface area (Å²) in [5, 5.41) is 12.0. The third kappa shape index (κ3) is 4.23. The molecular weight excluding hydrogens is 304 g/mol. The summed E-state index contributed by atoms with van der Waals surface area (Å²) in [4.78, 5) is 11.6. The van der Waals surface area contributed by atoms with Crippen LogP contribution < -0.4 is 10.1 Å². The SMILES string of the molecule is CNC(=O)C(C#N)=Cc1cc(Cl)ccc1OCC1CCCO1. The third-order valence-corrected chi connectivity index (χ3v) is 3.55. The average molecular weight is 321 g/mol. The second-order valence-electron chi connectivity index (χ2n) is 4.88. The van der Waals surface area contributed by atoms with E-state index in [1.165, 1.54) is 13.1 Å². The molecule has 22 heavy (non-hydrogen) atoms. The van der Waals surface area contributed by atoms with E-state index in [1.54, 1.807) is 18.2 Å². The lowest BCUT2D eigenvalue weighted by atomic mass is 10.1. The van der Waals surface area contributed by atoms with Crippen molar-refractivity contribution in [2.24, 2.45) is 0 Å². The van der Waals surface area contributed by atoms with Crippen LogP contribution in [0.2, 0.25) is 5.02 Å². The van der Waals surface area contributed by atoms with E-state index >= 15 is 0 Å². The molecule has 1 aromatic carbocycles. The number of amides is 1. The number of carbonyl (C=O) groups is 1. The Bertz CT molecular complexity index is 616. The van der Waals surface area contributed by atoms with Gasteiger partial charge in [-0.15, -0.1) is 0 Å². The van der Waals surface area contributed by atoms with Crippen molar-refractivity contribution in [3.05, 3.63) is 34.4 Å². The number of carbonyl (C=O) groups excluding carboxylic acids is 1. The van der Waals surface area contributed by atoms with Crippen molar-refractivity contribution in [2.45, 2.75) is 18.9 Å². The molecule has 0 aliphatic carbocycles. The highest BCUT2D eigenvalue weighted by Gasteiger charge is 2.17. The highest BCUT2D eigenvalue weighted by atomic mass is 35.5. The molecular formula is C16H17ClN2O3. The predicted molar refractivity (Wildman–Crippen MR) is 83.6 cm³/mol. The number of hydrogen-bond acceptors (Lipinski definition) is 4. The van der Waals surface area contributed by atoms with Crippen molar-refractivity contribution in [3.63, 3.8) is 0 Å². The standard InChI is InChI=1S/C16H17ClN2O3/c1-19-16(20)12(9-18)7-11-8-13(17)4-5-15(11)22-10-14-3-2-6-21-14/h4-5,7-8,14H,2-3,6,10H2,1H3,(H,19,20). The van der Waals surface area contributed by atoms with Crippen LogP contribution in [0.15, 0.2) is 23.8 Å². The third-order valence-electron chi connectivity index (χ3n) is 3.31. The van der Waals surface area contributed by atoms with E-state index in [9.17, 15) is 4.79 Å². The van der Waals surface area contributed by atoms with Crippen LogP contribution in [0.5, 0.6) is 5.75 Å². The molecule has 1 saturated heterocycles. The van der Waals surface area contributed by atoms with Crippen LogP contribution in [0.25, 0.3) is 6.08 Å². The highest BCUT2D eigenvalue weighted by molar-refractivity contribution is 6.30. The van der Waals surface area contributed by atoms with Crippen LogP contribution in [-0.2, 0) is 9.53 Å². The smallest absolute Gasteiger partial charge is 0.261 e. The Kier molecular flexibility index (Phi) is 5.82. The van der Waals surface area contributed by atoms with Crippen molar-refractivity contribution in [3.8, 4) is 11.8 Å². The number of halogens is 1. The molecule has 1 heterocycles. The molecule has 0 spiro atoms. The number of likely N-dealkylation sites (N-methyl/N-ethyl adjacent to an activating group) is 1. The minimum atomic E-state index is -0.451. The van der Waals surface area contributed by atoms with E-state index in [0.29, 0.717) is 22.9 Å². The Morgan fingerprint density at radius 3 is 3.09 bits per heavy atom. The maximum atomic E-state index is 11.6. The second kappa shape index (κ2) is 7.83. The lowest BCUT2D eigenvalue weighted by Crippen LogP contribution is -2.19. The molecule has 0 aromatic heterocycles. The fraction of sp³-hybridized carbons (Fsp3) is 0.375. The van der Waals surface area contributed by atoms with E-state index in [1.807, 2.05) is 6.07 Å². The van der Waals surface area contributed by atoms with Crippen LogP contribution in [-0.4, -0.2) is 32.3 Å². The van der Waals surface area contributed by atoms with Crippen LogP contribution in [0, 0.1) is 11.3 Å². The molecule has 2 rings (SSSR count). The minimum Gasteiger partial charge on any atom is -0.490 e. The number of rotatable bonds is 5. The number of benzene rings is 1. The first-order valence-corrected chi connectivity index (χ1v) is 7.39. The Morgan fingerprint density at radius 2 is 2.45 bits per heavy atom. The number of nitriles is 1. The van der Waals surface area contributed by atoms with Crippen molar-refractivity contribution in [2.75, 3.05) is 20.3 Å². The van der Waals surface area contributed by atoms with Gasteiger partial charge in [-0.1, -0.05) is 11.6 Å². The molecule has 1 atom stereocenters. The van der Waals surface area contributed by atoms with Gasteiger partial charge < -0.3 is 14.8 Å². The van der Waals surface area contributed by atoms with E-state index in [2.05, 4.69) is 5.32 Å². The van der Waals surface area contributed by atoms with Gasteiger partial charge in [-0.05, 0) is 37.1 Å². The van der Waals surface area contributed by atoms with Crippen molar-refractivity contribution in [1.82, 2.24) is 5.32 Å². The lowest BCUT2D eigenvalue weighted by molar-refractivity contribution is -0.116. The maximum Gasteiger partial charge on any atom is 0.261 e. The van der Waals surface area contributed by atoms with Gasteiger partial charge in [0.2, 0.25) is 0 Å². The number of ether oxygens (including phenoxy) is 2. The Balaban J connectivity index is 2.21. The molecule has 0 radical (unpaired) electrons. The molecule has 0 bridgehead atoms. The molecule has 0 saturated carbocycles. The highest BCUT2D eigenvalue weighted by Crippen LogP contribution is 2.26. The van der Waals surface area contributed by atoms with E-state index < -0.39 is 5.91 Å². The molecule has 116 valence electrons. The fourth-order valence-electron chi connectivity index (χ4n) is 2.16. The molecule has 1 unspecified atom stereocenters. The zero-order valence-corrected chi connectivity index (χ0v) is 13.0. The summed E-state index contributed by atoms with van der Waals surface area (Å²) in [5.41, 5.74) is 0.581. The van der Waals surface area contributed by atoms with Gasteiger partial charge in [-0.25, -0.2) is 0 Å². The summed E-state index contributed by atoms with van der Waals surface area (Å²) in [6, 6.07) is 6.96. The topological polar surface area (TPSA) is 71.4 Å². The molecule has 1 aliphatic heterocycles. The average Bonchev–Trinajstić information content (AvgIpc) is 3.04. The summed E-state index contributed by atoms with van der Waals surface area (Å²) >= 11 is 5.99. The van der Waals surface area contributed by atoms with Crippen LogP contribution in [0.1, 0.15) is 18.4 Å². The fourth-order valence-corrected chi connectivity index (χ4v) is 2.34. The van der Waals surface area contributed by atoms with Gasteiger partial charge in [0.05, 0.1) is 6.10 Å². The quantitative estimate of drug-likeness (QED) is 0.668. The van der Waals surface area contributed by atoms with Crippen molar-refractivity contribution in [1.29, 1.82) is 5.26 Å². The molecule has 1 N–H and O–H groups in total. The summed E-state index contributed by atoms with van der Waals surface area (Å²) in [5.74, 6) is 0.115. The van der Waals surface area contributed by atoms with Gasteiger partial charge >= 0.3 is 0 Å². The zero-order valence-electron chi connectivity index (χ0n) is 12.3. The van der Waals surface area contributed by atoms with Crippen LogP contribution in [0.4, 0.5) is 0 Å². The molecule has 1 aromatic rings. The Hall–Kier alpha value is -2.03. The summed E-state index contributed by atoms with van der Waals surface area (Å²) in [6.45, 7) is 1.20. The van der Waals surface area contributed by atoms with Crippen molar-refractivity contribution < 1.29 is 14.3 Å². The van der Waals surface area contributed by atoms with Gasteiger partial charge in [0.25, 0.3) is 5.91 Å². The largest absolute Gasteiger partial charge is 0.490 e. The maximum absolute atomic E-state index is 11.6. The molecule has 5 nitrogen and oxygen atoms in total. The van der Waals surface area contributed by atoms with E-state index in [4.69, 9.17) is 26.3 Å². The second-order valence-corrected chi connectivity index (χ2v) is 5.31. The number of hydrogen-bond donors (Lipinski definition) is 1. The monoisotopic (exact) mass is 320 g/mol. The Morgan fingerprint density at radius 1 is 1.64 bits per heavy atom. The van der Waals surface area contributed by atoms with E-state index in [0.717, 1.165) is 19.4 Å². The molecule has 1 aliphatic rings. The zero-order chi connectivity index (χ0) is 15.9. The van der Waals surface area contributed by atoms with E-state index in [-0.39, 0.29) is 11.7 Å². The number of nitrogens with zero attached hydrogens (tertiary/aromatic N) is 1. The summed E-state index contributed by atoms with van der Waals surface area (Å²) in [7, 11) is 1.47. The Labute approximate surface area is 134 Å². The molecule has 1 fully saturated rings. The first-order valence-electron chi connectivity index (χ1n) is 7.02. The number of nitrogens with one attached hydrogen (secondary N) is 1. The summed E-state index contributed by atoms with van der Waals surface area (Å²) < 4.78 is 11.3.